The van der Waals surface area contributed by atoms with E-state index in [1.165, 1.54) is 13.0 Å². The van der Waals surface area contributed by atoms with Gasteiger partial charge >= 0.3 is 0 Å². The van der Waals surface area contributed by atoms with Crippen molar-refractivity contribution in [2.75, 3.05) is 40.3 Å². The van der Waals surface area contributed by atoms with Crippen LogP contribution in [-0.2, 0) is 4.79 Å². The molecule has 0 aromatic rings. The molecule has 0 spiro atoms. The van der Waals surface area contributed by atoms with Crippen LogP contribution in [0.5, 0.6) is 0 Å². The number of nitrogens with one attached hydrogen (secondary N) is 1. The first kappa shape index (κ1) is 11.9. The van der Waals surface area contributed by atoms with Crippen molar-refractivity contribution in [2.24, 2.45) is 5.92 Å². The van der Waals surface area contributed by atoms with Crippen LogP contribution in [0.1, 0.15) is 19.3 Å². The molecule has 0 aromatic carbocycles. The molecule has 4 heteroatoms. The van der Waals surface area contributed by atoms with Gasteiger partial charge < -0.3 is 15.1 Å². The van der Waals surface area contributed by atoms with Crippen LogP contribution in [-0.4, -0.2) is 62.0 Å². The molecule has 2 aliphatic heterocycles. The molecule has 16 heavy (non-hydrogen) atoms. The molecular weight excluding hydrogens is 202 g/mol. The predicted molar refractivity (Wildman–Crippen MR) is 64.3 cm³/mol. The van der Waals surface area contributed by atoms with Crippen molar-refractivity contribution in [2.45, 2.75) is 25.3 Å². The zero-order valence-electron chi connectivity index (χ0n) is 10.4. The molecule has 0 aromatic heterocycles. The molecule has 2 aliphatic rings. The predicted octanol–water partition coefficient (Wildman–Crippen LogP) is 0.149. The Kier molecular flexibility index (Phi) is 3.82. The van der Waals surface area contributed by atoms with Gasteiger partial charge in [0.15, 0.2) is 0 Å². The molecule has 1 amide bonds. The first-order valence-corrected chi connectivity index (χ1v) is 6.35. The second-order valence-corrected chi connectivity index (χ2v) is 5.18. The van der Waals surface area contributed by atoms with Crippen molar-refractivity contribution < 1.29 is 4.79 Å². The van der Waals surface area contributed by atoms with Crippen LogP contribution in [0, 0.1) is 5.92 Å². The summed E-state index contributed by atoms with van der Waals surface area (Å²) in [5.74, 6) is 0.993. The Bertz CT molecular complexity index is 257. The average molecular weight is 225 g/mol. The van der Waals surface area contributed by atoms with Gasteiger partial charge in [-0.15, -0.1) is 0 Å². The van der Waals surface area contributed by atoms with E-state index < -0.39 is 0 Å². The van der Waals surface area contributed by atoms with Crippen molar-refractivity contribution in [1.29, 1.82) is 0 Å². The highest BCUT2D eigenvalue weighted by Crippen LogP contribution is 2.19. The lowest BCUT2D eigenvalue weighted by Gasteiger charge is -2.33. The van der Waals surface area contributed by atoms with Crippen LogP contribution in [0.3, 0.4) is 0 Å². The van der Waals surface area contributed by atoms with E-state index in [4.69, 9.17) is 0 Å². The Morgan fingerprint density at radius 3 is 2.81 bits per heavy atom. The molecule has 0 aliphatic carbocycles. The highest BCUT2D eigenvalue weighted by Gasteiger charge is 2.30. The molecule has 4 nitrogen and oxygen atoms in total. The molecular formula is C12H23N3O. The molecule has 2 fully saturated rings. The third kappa shape index (κ3) is 2.55. The van der Waals surface area contributed by atoms with E-state index in [-0.39, 0.29) is 6.04 Å². The second kappa shape index (κ2) is 5.15. The summed E-state index contributed by atoms with van der Waals surface area (Å²) in [5.41, 5.74) is 0. The lowest BCUT2D eigenvalue weighted by Crippen LogP contribution is -2.51. The summed E-state index contributed by atoms with van der Waals surface area (Å²) in [5, 5.41) is 3.12. The Labute approximate surface area is 98.0 Å². The van der Waals surface area contributed by atoms with Crippen LogP contribution >= 0.6 is 0 Å². The van der Waals surface area contributed by atoms with Gasteiger partial charge in [0.05, 0.1) is 6.04 Å². The van der Waals surface area contributed by atoms with Gasteiger partial charge in [-0.3, -0.25) is 4.79 Å². The number of likely N-dealkylation sites (tertiary alicyclic amines) is 2. The number of hydrogen-bond acceptors (Lipinski definition) is 3. The molecule has 1 N–H and O–H groups in total. The van der Waals surface area contributed by atoms with E-state index in [0.717, 1.165) is 32.5 Å². The van der Waals surface area contributed by atoms with E-state index >= 15 is 0 Å². The van der Waals surface area contributed by atoms with E-state index in [1.54, 1.807) is 0 Å². The van der Waals surface area contributed by atoms with Crippen molar-refractivity contribution in [1.82, 2.24) is 15.1 Å². The number of likely N-dealkylation sites (N-methyl/N-ethyl adjacent to an activating group) is 1. The van der Waals surface area contributed by atoms with Crippen molar-refractivity contribution in [3.05, 3.63) is 0 Å². The minimum atomic E-state index is 0.0629. The standard InChI is InChI=1S/C12H23N3O/c1-13-11-4-3-6-15(12(11)16)9-10-5-7-14(2)8-10/h10-11,13H,3-9H2,1-2H3. The van der Waals surface area contributed by atoms with Gasteiger partial charge in [0.25, 0.3) is 0 Å². The molecule has 2 unspecified atom stereocenters. The molecule has 2 saturated heterocycles. The Morgan fingerprint density at radius 1 is 1.38 bits per heavy atom. The first-order valence-electron chi connectivity index (χ1n) is 6.35. The van der Waals surface area contributed by atoms with Crippen LogP contribution in [0.2, 0.25) is 0 Å². The molecule has 0 saturated carbocycles. The fraction of sp³-hybridized carbons (Fsp3) is 0.917. The van der Waals surface area contributed by atoms with Crippen LogP contribution < -0.4 is 5.32 Å². The third-order valence-corrected chi connectivity index (χ3v) is 3.85. The summed E-state index contributed by atoms with van der Waals surface area (Å²) in [6, 6.07) is 0.0629. The quantitative estimate of drug-likeness (QED) is 0.742. The molecule has 2 atom stereocenters. The minimum absolute atomic E-state index is 0.0629. The highest BCUT2D eigenvalue weighted by molar-refractivity contribution is 5.82. The number of nitrogens with zero attached hydrogens (tertiary/aromatic N) is 2. The second-order valence-electron chi connectivity index (χ2n) is 5.18. The lowest BCUT2D eigenvalue weighted by atomic mass is 10.0. The van der Waals surface area contributed by atoms with E-state index in [0.29, 0.717) is 11.8 Å². The molecule has 2 rings (SSSR count). The van der Waals surface area contributed by atoms with Gasteiger partial charge in [0.2, 0.25) is 5.91 Å². The fourth-order valence-electron chi connectivity index (χ4n) is 2.88. The van der Waals surface area contributed by atoms with Gasteiger partial charge in [-0.25, -0.2) is 0 Å². The number of carbonyl (C=O) groups excluding carboxylic acids is 1. The zero-order valence-corrected chi connectivity index (χ0v) is 10.4. The van der Waals surface area contributed by atoms with Gasteiger partial charge in [0.1, 0.15) is 0 Å². The summed E-state index contributed by atoms with van der Waals surface area (Å²) < 4.78 is 0. The number of amides is 1. The maximum absolute atomic E-state index is 12.1. The number of carbonyl (C=O) groups is 1. The first-order chi connectivity index (χ1) is 7.70. The maximum Gasteiger partial charge on any atom is 0.239 e. The van der Waals surface area contributed by atoms with Gasteiger partial charge in [0, 0.05) is 19.6 Å². The maximum atomic E-state index is 12.1. The third-order valence-electron chi connectivity index (χ3n) is 3.85. The summed E-state index contributed by atoms with van der Waals surface area (Å²) in [6.07, 6.45) is 3.38. The number of rotatable bonds is 3. The molecule has 0 radical (unpaired) electrons. The number of piperidine rings is 1. The average Bonchev–Trinajstić information content (AvgIpc) is 2.67. The fourth-order valence-corrected chi connectivity index (χ4v) is 2.88. The molecule has 0 bridgehead atoms. The monoisotopic (exact) mass is 225 g/mol. The normalized spacial score (nSPS) is 32.4. The Hall–Kier alpha value is -0.610. The van der Waals surface area contributed by atoms with Crippen LogP contribution in [0.4, 0.5) is 0 Å². The number of hydrogen-bond donors (Lipinski definition) is 1. The largest absolute Gasteiger partial charge is 0.341 e. The topological polar surface area (TPSA) is 35.6 Å². The van der Waals surface area contributed by atoms with Crippen molar-refractivity contribution in [3.8, 4) is 0 Å². The van der Waals surface area contributed by atoms with Crippen LogP contribution in [0.25, 0.3) is 0 Å². The molecule has 2 heterocycles. The van der Waals surface area contributed by atoms with E-state index in [1.807, 2.05) is 7.05 Å². The zero-order chi connectivity index (χ0) is 11.5. The minimum Gasteiger partial charge on any atom is -0.341 e. The summed E-state index contributed by atoms with van der Waals surface area (Å²) >= 11 is 0. The van der Waals surface area contributed by atoms with Gasteiger partial charge in [-0.1, -0.05) is 0 Å². The van der Waals surface area contributed by atoms with Crippen LogP contribution in [0.15, 0.2) is 0 Å². The lowest BCUT2D eigenvalue weighted by molar-refractivity contribution is -0.136. The van der Waals surface area contributed by atoms with Gasteiger partial charge in [-0.05, 0) is 45.8 Å². The Morgan fingerprint density at radius 2 is 2.19 bits per heavy atom. The smallest absolute Gasteiger partial charge is 0.239 e. The van der Waals surface area contributed by atoms with Gasteiger partial charge in [-0.2, -0.15) is 0 Å². The summed E-state index contributed by atoms with van der Waals surface area (Å²) in [6.45, 7) is 4.24. The SMILES string of the molecule is CNC1CCCN(CC2CCN(C)C2)C1=O. The Balaban J connectivity index is 1.86. The highest BCUT2D eigenvalue weighted by atomic mass is 16.2. The van der Waals surface area contributed by atoms with E-state index in [2.05, 4.69) is 22.2 Å². The van der Waals surface area contributed by atoms with Crippen molar-refractivity contribution >= 4 is 5.91 Å². The summed E-state index contributed by atoms with van der Waals surface area (Å²) in [7, 11) is 4.05. The van der Waals surface area contributed by atoms with Crippen molar-refractivity contribution in [3.63, 3.8) is 0 Å². The van der Waals surface area contributed by atoms with E-state index in [9.17, 15) is 4.79 Å². The summed E-state index contributed by atoms with van der Waals surface area (Å²) in [4.78, 5) is 16.5. The molecule has 92 valence electrons.